The van der Waals surface area contributed by atoms with E-state index in [0.717, 1.165) is 41.2 Å². The lowest BCUT2D eigenvalue weighted by Gasteiger charge is -2.27. The van der Waals surface area contributed by atoms with Crippen LogP contribution in [0.15, 0.2) is 35.7 Å². The quantitative estimate of drug-likeness (QED) is 0.429. The number of esters is 1. The Kier molecular flexibility index (Phi) is 5.62. The van der Waals surface area contributed by atoms with E-state index < -0.39 is 12.1 Å². The average Bonchev–Trinajstić information content (AvgIpc) is 3.42. The van der Waals surface area contributed by atoms with E-state index in [1.807, 2.05) is 24.4 Å². The number of anilines is 1. The maximum absolute atomic E-state index is 13.0. The van der Waals surface area contributed by atoms with Crippen molar-refractivity contribution in [1.82, 2.24) is 10.2 Å². The van der Waals surface area contributed by atoms with Crippen molar-refractivity contribution in [2.24, 2.45) is 0 Å². The molecule has 5 rings (SSSR count). The fourth-order valence-corrected chi connectivity index (χ4v) is 5.96. The number of thiophene rings is 2. The minimum Gasteiger partial charge on any atom is -0.490 e. The summed E-state index contributed by atoms with van der Waals surface area (Å²) < 4.78 is 11.3. The highest BCUT2D eigenvalue weighted by atomic mass is 32.1. The number of amides is 1. The summed E-state index contributed by atoms with van der Waals surface area (Å²) in [5.74, 6) is 0.337. The van der Waals surface area contributed by atoms with Gasteiger partial charge in [0, 0.05) is 18.0 Å². The number of fused-ring (bicyclic) bond motifs is 3. The van der Waals surface area contributed by atoms with Crippen LogP contribution in [0.2, 0.25) is 0 Å². The highest BCUT2D eigenvalue weighted by Crippen LogP contribution is 2.41. The van der Waals surface area contributed by atoms with E-state index in [9.17, 15) is 9.59 Å². The molecule has 32 heavy (non-hydrogen) atoms. The van der Waals surface area contributed by atoms with E-state index in [0.29, 0.717) is 23.0 Å². The van der Waals surface area contributed by atoms with Gasteiger partial charge in [-0.05, 0) is 55.1 Å². The molecule has 2 N–H and O–H groups in total. The highest BCUT2D eigenvalue weighted by Gasteiger charge is 2.33. The van der Waals surface area contributed by atoms with Gasteiger partial charge < -0.3 is 25.0 Å². The smallest absolute Gasteiger partial charge is 0.353 e. The molecule has 3 aromatic rings. The fraction of sp³-hybridized carbons (Fsp3) is 0.304. The van der Waals surface area contributed by atoms with E-state index in [1.165, 1.54) is 16.2 Å². The summed E-state index contributed by atoms with van der Waals surface area (Å²) in [5, 5.41) is 9.28. The maximum Gasteiger partial charge on any atom is 0.353 e. The van der Waals surface area contributed by atoms with Gasteiger partial charge in [-0.15, -0.1) is 22.7 Å². The Morgan fingerprint density at radius 3 is 2.91 bits per heavy atom. The van der Waals surface area contributed by atoms with Crippen molar-refractivity contribution >= 4 is 39.6 Å². The third-order valence-electron chi connectivity index (χ3n) is 5.55. The highest BCUT2D eigenvalue weighted by molar-refractivity contribution is 7.16. The molecule has 2 aliphatic rings. The molecule has 1 atom stereocenters. The Hall–Kier alpha value is -2.88. The Morgan fingerprint density at radius 1 is 1.25 bits per heavy atom. The Bertz CT molecular complexity index is 1170. The summed E-state index contributed by atoms with van der Waals surface area (Å²) in [4.78, 5) is 29.4. The molecule has 0 saturated heterocycles. The molecule has 0 spiro atoms. The van der Waals surface area contributed by atoms with Gasteiger partial charge in [-0.2, -0.15) is 0 Å². The summed E-state index contributed by atoms with van der Waals surface area (Å²) in [7, 11) is 2.10. The zero-order chi connectivity index (χ0) is 22.2. The van der Waals surface area contributed by atoms with Crippen LogP contribution in [-0.2, 0) is 13.0 Å². The number of carbonyl (C=O) groups is 2. The monoisotopic (exact) mass is 469 g/mol. The summed E-state index contributed by atoms with van der Waals surface area (Å²) in [5.41, 5.74) is 2.77. The van der Waals surface area contributed by atoms with Crippen molar-refractivity contribution < 1.29 is 19.1 Å². The van der Waals surface area contributed by atoms with Crippen LogP contribution in [0.5, 0.6) is 11.5 Å². The summed E-state index contributed by atoms with van der Waals surface area (Å²) in [6.07, 6.45) is 0.491. The lowest BCUT2D eigenvalue weighted by atomic mass is 10.0. The van der Waals surface area contributed by atoms with Crippen LogP contribution in [0.4, 0.5) is 5.00 Å². The molecule has 4 heterocycles. The van der Waals surface area contributed by atoms with E-state index in [1.54, 1.807) is 29.5 Å². The van der Waals surface area contributed by atoms with Crippen LogP contribution < -0.4 is 20.1 Å². The van der Waals surface area contributed by atoms with Gasteiger partial charge in [0.1, 0.15) is 16.0 Å². The number of nitrogens with zero attached hydrogens (tertiary/aromatic N) is 1. The van der Waals surface area contributed by atoms with Gasteiger partial charge in [-0.3, -0.25) is 4.79 Å². The van der Waals surface area contributed by atoms with Crippen LogP contribution >= 0.6 is 22.7 Å². The zero-order valence-corrected chi connectivity index (χ0v) is 19.4. The fourth-order valence-electron chi connectivity index (χ4n) is 4.01. The van der Waals surface area contributed by atoms with Gasteiger partial charge in [0.2, 0.25) is 0 Å². The second-order valence-electron chi connectivity index (χ2n) is 7.75. The first-order valence-corrected chi connectivity index (χ1v) is 12.2. The summed E-state index contributed by atoms with van der Waals surface area (Å²) >= 11 is 2.98. The topological polar surface area (TPSA) is 79.9 Å². The van der Waals surface area contributed by atoms with Gasteiger partial charge in [-0.25, -0.2) is 4.79 Å². The van der Waals surface area contributed by atoms with Gasteiger partial charge in [0.05, 0.1) is 12.2 Å². The number of hydrogen-bond acceptors (Lipinski definition) is 8. The minimum absolute atomic E-state index is 0.0584. The number of likely N-dealkylation sites (N-methyl/N-ethyl adjacent to an activating group) is 1. The molecule has 1 amide bonds. The standard InChI is InChI=1S/C23H23N3O4S2/c1-3-29-16-11-13(6-7-15(16)30-23(28)17-5-4-10-31-17)20-24-21(27)19-14-8-9-26(2)12-18(14)32-22(19)25-20/h4-7,10-11,20,25H,3,8-9,12H2,1-2H3,(H,24,27)/t20-/m0/s1. The van der Waals surface area contributed by atoms with Crippen LogP contribution in [0.25, 0.3) is 0 Å². The van der Waals surface area contributed by atoms with Crippen molar-refractivity contribution in [3.8, 4) is 11.5 Å². The second kappa shape index (κ2) is 8.57. The lowest BCUT2D eigenvalue weighted by molar-refractivity contribution is 0.0733. The zero-order valence-electron chi connectivity index (χ0n) is 17.8. The van der Waals surface area contributed by atoms with Crippen molar-refractivity contribution in [2.45, 2.75) is 26.1 Å². The van der Waals surface area contributed by atoms with Gasteiger partial charge in [-0.1, -0.05) is 12.1 Å². The van der Waals surface area contributed by atoms with Crippen LogP contribution in [0.3, 0.4) is 0 Å². The number of carbonyl (C=O) groups excluding carboxylic acids is 2. The van der Waals surface area contributed by atoms with Gasteiger partial charge in [0.15, 0.2) is 11.5 Å². The van der Waals surface area contributed by atoms with Crippen molar-refractivity contribution in [3.05, 3.63) is 62.2 Å². The van der Waals surface area contributed by atoms with Crippen LogP contribution in [-0.4, -0.2) is 37.0 Å². The maximum atomic E-state index is 13.0. The number of ether oxygens (including phenoxy) is 2. The molecule has 0 saturated carbocycles. The summed E-state index contributed by atoms with van der Waals surface area (Å²) in [6, 6.07) is 8.89. The Morgan fingerprint density at radius 2 is 2.12 bits per heavy atom. The molecular formula is C23H23N3O4S2. The second-order valence-corrected chi connectivity index (χ2v) is 9.81. The molecular weight excluding hydrogens is 446 g/mol. The number of benzene rings is 1. The van der Waals surface area contributed by atoms with Crippen molar-refractivity contribution in [3.63, 3.8) is 0 Å². The van der Waals surface area contributed by atoms with Gasteiger partial charge in [0.25, 0.3) is 5.91 Å². The van der Waals surface area contributed by atoms with E-state index in [4.69, 9.17) is 9.47 Å². The normalized spacial score (nSPS) is 17.7. The molecule has 0 aliphatic carbocycles. The molecule has 9 heteroatoms. The van der Waals surface area contributed by atoms with E-state index in [2.05, 4.69) is 22.6 Å². The number of rotatable bonds is 5. The third kappa shape index (κ3) is 3.87. The van der Waals surface area contributed by atoms with Crippen LogP contribution in [0, 0.1) is 0 Å². The van der Waals surface area contributed by atoms with E-state index >= 15 is 0 Å². The van der Waals surface area contributed by atoms with Crippen molar-refractivity contribution in [2.75, 3.05) is 25.5 Å². The van der Waals surface area contributed by atoms with Crippen LogP contribution in [0.1, 0.15) is 49.1 Å². The minimum atomic E-state index is -0.420. The molecule has 0 bridgehead atoms. The van der Waals surface area contributed by atoms with E-state index in [-0.39, 0.29) is 5.91 Å². The SMILES string of the molecule is CCOc1cc([C@H]2NC(=O)c3c(sc4c3CCN(C)C4)N2)ccc1OC(=O)c1cccs1. The molecule has 0 fully saturated rings. The Labute approximate surface area is 194 Å². The first-order chi connectivity index (χ1) is 15.5. The predicted octanol–water partition coefficient (Wildman–Crippen LogP) is 4.27. The first kappa shape index (κ1) is 21.0. The van der Waals surface area contributed by atoms with Gasteiger partial charge >= 0.3 is 5.97 Å². The molecule has 0 unspecified atom stereocenters. The molecule has 166 valence electrons. The number of nitrogens with one attached hydrogen (secondary N) is 2. The molecule has 1 aromatic carbocycles. The molecule has 7 nitrogen and oxygen atoms in total. The number of hydrogen-bond donors (Lipinski definition) is 2. The molecule has 2 aliphatic heterocycles. The lowest BCUT2D eigenvalue weighted by Crippen LogP contribution is -2.38. The average molecular weight is 470 g/mol. The predicted molar refractivity (Wildman–Crippen MR) is 125 cm³/mol. The molecule has 2 aromatic heterocycles. The third-order valence-corrected chi connectivity index (χ3v) is 7.55. The van der Waals surface area contributed by atoms with Crippen molar-refractivity contribution in [1.29, 1.82) is 0 Å². The first-order valence-electron chi connectivity index (χ1n) is 10.5. The largest absolute Gasteiger partial charge is 0.490 e. The molecule has 0 radical (unpaired) electrons. The summed E-state index contributed by atoms with van der Waals surface area (Å²) in [6.45, 7) is 4.12. The Balaban J connectivity index is 1.41.